The smallest absolute Gasteiger partial charge is 0.275 e. The lowest BCUT2D eigenvalue weighted by Crippen LogP contribution is -2.46. The Morgan fingerprint density at radius 3 is 2.60 bits per heavy atom. The molecule has 1 aromatic carbocycles. The van der Waals surface area contributed by atoms with E-state index < -0.39 is 66.8 Å². The average Bonchev–Trinajstić information content (AvgIpc) is 3.00. The number of hydrogen-bond donors (Lipinski definition) is 1. The van der Waals surface area contributed by atoms with Crippen molar-refractivity contribution in [3.05, 3.63) is 99.4 Å². The van der Waals surface area contributed by atoms with Gasteiger partial charge in [0.1, 0.15) is 33.8 Å². The van der Waals surface area contributed by atoms with E-state index in [0.717, 1.165) is 29.0 Å². The van der Waals surface area contributed by atoms with Crippen LogP contribution in [0.5, 0.6) is 5.75 Å². The van der Waals surface area contributed by atoms with Crippen molar-refractivity contribution < 1.29 is 27.1 Å². The highest BCUT2D eigenvalue weighted by Crippen LogP contribution is 2.41. The first-order valence-corrected chi connectivity index (χ1v) is 16.8. The van der Waals surface area contributed by atoms with E-state index in [4.69, 9.17) is 6.57 Å². The summed E-state index contributed by atoms with van der Waals surface area (Å²) in [7, 11) is -4.30. The van der Waals surface area contributed by atoms with Crippen molar-refractivity contribution in [3.8, 4) is 22.7 Å². The molecule has 4 aromatic rings. The molecule has 0 aliphatic carbocycles. The summed E-state index contributed by atoms with van der Waals surface area (Å²) in [5, 5.41) is 10.5. The number of benzene rings is 1. The van der Waals surface area contributed by atoms with E-state index in [0.29, 0.717) is 11.3 Å². The molecule has 1 amide bonds. The maximum atomic E-state index is 16.2. The lowest BCUT2D eigenvalue weighted by Gasteiger charge is -2.37. The van der Waals surface area contributed by atoms with E-state index >= 15 is 8.78 Å². The van der Waals surface area contributed by atoms with Gasteiger partial charge in [0.2, 0.25) is 12.5 Å². The average molecular weight is 662 g/mol. The Balaban J connectivity index is 1.97. The van der Waals surface area contributed by atoms with Gasteiger partial charge in [0, 0.05) is 24.4 Å². The Morgan fingerprint density at radius 1 is 1.26 bits per heavy atom. The van der Waals surface area contributed by atoms with Gasteiger partial charge >= 0.3 is 0 Å². The van der Waals surface area contributed by atoms with Gasteiger partial charge in [-0.1, -0.05) is 26.5 Å². The topological polar surface area (TPSA) is 127 Å². The number of carbonyl (C=O) groups excluding carboxylic acids is 1. The van der Waals surface area contributed by atoms with Gasteiger partial charge in [-0.25, -0.2) is 28.8 Å². The van der Waals surface area contributed by atoms with E-state index in [1.807, 2.05) is 13.8 Å². The number of fused-ring (bicyclic) bond motifs is 1. The molecule has 0 saturated carbocycles. The molecule has 1 saturated heterocycles. The van der Waals surface area contributed by atoms with Crippen molar-refractivity contribution in [2.24, 2.45) is 0 Å². The van der Waals surface area contributed by atoms with Crippen molar-refractivity contribution in [1.82, 2.24) is 19.4 Å². The van der Waals surface area contributed by atoms with Crippen LogP contribution in [0.4, 0.5) is 8.78 Å². The van der Waals surface area contributed by atoms with Crippen molar-refractivity contribution >= 4 is 26.8 Å². The predicted molar refractivity (Wildman–Crippen MR) is 173 cm³/mol. The highest BCUT2D eigenvalue weighted by Gasteiger charge is 2.38. The van der Waals surface area contributed by atoms with Gasteiger partial charge in [-0.3, -0.25) is 19.1 Å². The number of nitrogens with zero attached hydrogens (tertiary/aromatic N) is 5. The maximum Gasteiger partial charge on any atom is 0.275 e. The zero-order valence-electron chi connectivity index (χ0n) is 26.3. The monoisotopic (exact) mass is 661 g/mol. The molecule has 10 nitrogen and oxygen atoms in total. The SMILES string of the molecule is [C-]#[N+]C[C@H]1CC(c2c(S(C)(=O)=O)c(=O)n(-c3c(C)ccnc3C(C)C)c3nc(-c4c(O)cccc4F)c(F)cc23)CCN1C(=O)C=C. The zero-order chi connectivity index (χ0) is 34.4. The van der Waals surface area contributed by atoms with Crippen LogP contribution in [0, 0.1) is 25.1 Å². The Bertz CT molecular complexity index is 2140. The molecule has 1 N–H and O–H groups in total. The molecule has 244 valence electrons. The molecule has 3 aromatic heterocycles. The van der Waals surface area contributed by atoms with Crippen LogP contribution < -0.4 is 5.56 Å². The lowest BCUT2D eigenvalue weighted by molar-refractivity contribution is -0.129. The second-order valence-corrected chi connectivity index (χ2v) is 13.9. The van der Waals surface area contributed by atoms with Gasteiger partial charge in [0.25, 0.3) is 5.56 Å². The maximum absolute atomic E-state index is 16.2. The highest BCUT2D eigenvalue weighted by atomic mass is 32.2. The van der Waals surface area contributed by atoms with E-state index in [-0.39, 0.29) is 54.1 Å². The largest absolute Gasteiger partial charge is 0.507 e. The lowest BCUT2D eigenvalue weighted by atomic mass is 9.83. The first kappa shape index (κ1) is 33.4. The van der Waals surface area contributed by atoms with Crippen LogP contribution in [-0.4, -0.2) is 64.3 Å². The molecule has 0 bridgehead atoms. The molecule has 0 radical (unpaired) electrons. The number of rotatable bonds is 7. The summed E-state index contributed by atoms with van der Waals surface area (Å²) in [5.41, 5.74) is -0.988. The quantitative estimate of drug-likeness (QED) is 0.206. The van der Waals surface area contributed by atoms with Crippen LogP contribution in [-0.2, 0) is 14.6 Å². The van der Waals surface area contributed by atoms with Crippen molar-refractivity contribution in [3.63, 3.8) is 0 Å². The summed E-state index contributed by atoms with van der Waals surface area (Å²) in [6, 6.07) is 5.46. The summed E-state index contributed by atoms with van der Waals surface area (Å²) in [5.74, 6) is -3.95. The summed E-state index contributed by atoms with van der Waals surface area (Å²) >= 11 is 0. The third-order valence-corrected chi connectivity index (χ3v) is 9.64. The summed E-state index contributed by atoms with van der Waals surface area (Å²) in [4.78, 5) is 40.6. The van der Waals surface area contributed by atoms with Crippen LogP contribution in [0.25, 0.3) is 32.8 Å². The van der Waals surface area contributed by atoms with E-state index in [2.05, 4.69) is 21.4 Å². The van der Waals surface area contributed by atoms with Crippen LogP contribution in [0.1, 0.15) is 55.3 Å². The molecule has 4 heterocycles. The minimum Gasteiger partial charge on any atom is -0.507 e. The summed E-state index contributed by atoms with van der Waals surface area (Å²) in [6.07, 6.45) is 3.88. The van der Waals surface area contributed by atoms with Crippen LogP contribution in [0.15, 0.2) is 58.9 Å². The van der Waals surface area contributed by atoms with E-state index in [9.17, 15) is 23.1 Å². The first-order chi connectivity index (χ1) is 22.2. The summed E-state index contributed by atoms with van der Waals surface area (Å²) in [6.45, 7) is 16.4. The van der Waals surface area contributed by atoms with E-state index in [1.165, 1.54) is 17.0 Å². The molecular weight excluding hydrogens is 628 g/mol. The fraction of sp³-hybridized carbons (Fsp3) is 0.324. The van der Waals surface area contributed by atoms with E-state index in [1.54, 1.807) is 19.2 Å². The number of piperidine rings is 1. The fourth-order valence-corrected chi connectivity index (χ4v) is 7.55. The number of phenolic OH excluding ortho intramolecular Hbond substituents is 1. The second kappa shape index (κ2) is 12.7. The van der Waals surface area contributed by atoms with Crippen LogP contribution >= 0.6 is 0 Å². The van der Waals surface area contributed by atoms with Crippen LogP contribution in [0.2, 0.25) is 0 Å². The Kier molecular flexibility index (Phi) is 9.01. The first-order valence-electron chi connectivity index (χ1n) is 14.9. The standard InChI is InChI=1S/C34H33F2N5O5S/c1-7-26(43)40-14-12-20(15-21(40)17-37-5)27-22-16-24(36)30(28-23(35)9-8-10-25(28)42)39-33(22)41(34(44)32(27)47(6,45)46)31-19(4)11-13-38-29(31)18(2)3/h7-11,13,16,18,20-21,42H,1,12,14-15,17H2,2-4,6H3/t20?,21-/m1/s1. The van der Waals surface area contributed by atoms with Gasteiger partial charge in [-0.2, -0.15) is 0 Å². The molecule has 5 rings (SSSR count). The third kappa shape index (κ3) is 5.89. The number of amides is 1. The Labute approximate surface area is 270 Å². The Morgan fingerprint density at radius 2 is 1.98 bits per heavy atom. The van der Waals surface area contributed by atoms with Crippen LogP contribution in [0.3, 0.4) is 0 Å². The van der Waals surface area contributed by atoms with Gasteiger partial charge in [-0.05, 0) is 73.1 Å². The van der Waals surface area contributed by atoms with Crippen molar-refractivity contribution in [2.75, 3.05) is 19.3 Å². The molecule has 1 aliphatic heterocycles. The fourth-order valence-electron chi connectivity index (χ4n) is 6.46. The molecule has 1 aliphatic rings. The highest BCUT2D eigenvalue weighted by molar-refractivity contribution is 7.90. The zero-order valence-corrected chi connectivity index (χ0v) is 27.1. The van der Waals surface area contributed by atoms with Gasteiger partial charge in [0.15, 0.2) is 15.7 Å². The number of likely N-dealkylation sites (tertiary alicyclic amines) is 1. The number of carbonyl (C=O) groups is 1. The number of phenols is 1. The minimum absolute atomic E-state index is 0.00720. The van der Waals surface area contributed by atoms with Gasteiger partial charge in [-0.15, -0.1) is 0 Å². The number of pyridine rings is 3. The number of hydrogen-bond acceptors (Lipinski definition) is 7. The number of aryl methyl sites for hydroxylation is 1. The van der Waals surface area contributed by atoms with Crippen molar-refractivity contribution in [2.45, 2.75) is 56.4 Å². The van der Waals surface area contributed by atoms with Crippen molar-refractivity contribution in [1.29, 1.82) is 0 Å². The Hall–Kier alpha value is -4.96. The number of aromatic hydroxyl groups is 1. The molecule has 1 fully saturated rings. The predicted octanol–water partition coefficient (Wildman–Crippen LogP) is 5.45. The third-order valence-electron chi connectivity index (χ3n) is 8.51. The molecule has 13 heteroatoms. The normalized spacial score (nSPS) is 16.8. The van der Waals surface area contributed by atoms with Gasteiger partial charge in [0.05, 0.1) is 16.9 Å². The second-order valence-electron chi connectivity index (χ2n) is 11.9. The number of sulfone groups is 1. The minimum atomic E-state index is -4.30. The number of halogens is 2. The molecule has 2 atom stereocenters. The number of aromatic nitrogens is 3. The molecule has 47 heavy (non-hydrogen) atoms. The molecule has 0 spiro atoms. The molecule has 1 unspecified atom stereocenters. The summed E-state index contributed by atoms with van der Waals surface area (Å²) < 4.78 is 59.5. The van der Waals surface area contributed by atoms with Gasteiger partial charge < -0.3 is 14.9 Å². The molecular formula is C34H33F2N5O5S.